The molecule has 1 aromatic heterocycles. The maximum atomic E-state index is 13.3. The first-order valence-electron chi connectivity index (χ1n) is 15.4. The van der Waals surface area contributed by atoms with Crippen molar-refractivity contribution in [3.63, 3.8) is 0 Å². The number of rotatable bonds is 12. The number of aromatic nitrogens is 2. The number of likely N-dealkylation sites (N-methyl/N-ethyl adjacent to an activating group) is 2. The molecule has 10 nitrogen and oxygen atoms in total. The lowest BCUT2D eigenvalue weighted by atomic mass is 9.64. The summed E-state index contributed by atoms with van der Waals surface area (Å²) >= 11 is 0. The van der Waals surface area contributed by atoms with Crippen molar-refractivity contribution in [1.82, 2.24) is 24.9 Å². The Morgan fingerprint density at radius 3 is 2.61 bits per heavy atom. The van der Waals surface area contributed by atoms with Gasteiger partial charge in [-0.25, -0.2) is 9.48 Å². The number of carbonyl (C=O) groups is 2. The van der Waals surface area contributed by atoms with Gasteiger partial charge < -0.3 is 29.3 Å². The molecule has 0 radical (unpaired) electrons. The zero-order valence-corrected chi connectivity index (χ0v) is 26.8. The summed E-state index contributed by atoms with van der Waals surface area (Å²) in [6.45, 7) is 14.1. The highest BCUT2D eigenvalue weighted by molar-refractivity contribution is 5.79. The fourth-order valence-corrected chi connectivity index (χ4v) is 5.81. The maximum Gasteiger partial charge on any atom is 0.410 e. The van der Waals surface area contributed by atoms with E-state index in [0.29, 0.717) is 32.8 Å². The van der Waals surface area contributed by atoms with Crippen LogP contribution in [-0.4, -0.2) is 91.2 Å². The van der Waals surface area contributed by atoms with Crippen LogP contribution in [0.25, 0.3) is 0 Å². The van der Waals surface area contributed by atoms with Crippen LogP contribution in [0, 0.1) is 11.3 Å². The topological polar surface area (TPSA) is 98.2 Å². The molecule has 0 aromatic carbocycles. The van der Waals surface area contributed by atoms with Gasteiger partial charge in [0.05, 0.1) is 5.69 Å². The maximum absolute atomic E-state index is 13.3. The lowest BCUT2D eigenvalue weighted by molar-refractivity contribution is -0.130. The monoisotopic (exact) mass is 577 g/mol. The Labute approximate surface area is 247 Å². The van der Waals surface area contributed by atoms with E-state index in [4.69, 9.17) is 19.3 Å². The van der Waals surface area contributed by atoms with Crippen molar-refractivity contribution in [2.75, 3.05) is 54.1 Å². The average Bonchev–Trinajstić information content (AvgIpc) is 3.32. The second kappa shape index (κ2) is 14.8. The molecule has 3 atom stereocenters. The van der Waals surface area contributed by atoms with E-state index in [0.717, 1.165) is 57.2 Å². The molecule has 2 aliphatic rings. The molecular formula is C31H55N5O5. The summed E-state index contributed by atoms with van der Waals surface area (Å²) in [5, 5.41) is 8.29. The zero-order valence-electron chi connectivity index (χ0n) is 26.8. The fraction of sp³-hybridized carbons (Fsp3) is 0.839. The van der Waals surface area contributed by atoms with Gasteiger partial charge in [0.1, 0.15) is 11.8 Å². The predicted octanol–water partition coefficient (Wildman–Crippen LogP) is 4.94. The van der Waals surface area contributed by atoms with E-state index in [1.54, 1.807) is 19.1 Å². The van der Waals surface area contributed by atoms with Gasteiger partial charge in [0, 0.05) is 77.1 Å². The number of amides is 2. The molecule has 10 heteroatoms. The van der Waals surface area contributed by atoms with Crippen molar-refractivity contribution < 1.29 is 23.8 Å². The molecule has 1 N–H and O–H groups in total. The van der Waals surface area contributed by atoms with Gasteiger partial charge in [-0.15, -0.1) is 0 Å². The minimum Gasteiger partial charge on any atom is -0.444 e. The van der Waals surface area contributed by atoms with Crippen LogP contribution in [0.4, 0.5) is 4.79 Å². The normalized spacial score (nSPS) is 22.9. The van der Waals surface area contributed by atoms with E-state index in [9.17, 15) is 9.59 Å². The van der Waals surface area contributed by atoms with Gasteiger partial charge in [0.2, 0.25) is 5.91 Å². The van der Waals surface area contributed by atoms with Gasteiger partial charge in [-0.2, -0.15) is 5.10 Å². The number of hydrogen-bond acceptors (Lipinski definition) is 7. The summed E-state index contributed by atoms with van der Waals surface area (Å²) in [6.07, 6.45) is 8.54. The van der Waals surface area contributed by atoms with Gasteiger partial charge in [-0.3, -0.25) is 4.79 Å². The van der Waals surface area contributed by atoms with Crippen LogP contribution in [0.2, 0.25) is 0 Å². The first kappa shape index (κ1) is 33.3. The molecule has 2 fully saturated rings. The predicted molar refractivity (Wildman–Crippen MR) is 160 cm³/mol. The van der Waals surface area contributed by atoms with E-state index >= 15 is 0 Å². The Bertz CT molecular complexity index is 982. The highest BCUT2D eigenvalue weighted by Crippen LogP contribution is 2.47. The van der Waals surface area contributed by atoms with E-state index in [2.05, 4.69) is 37.3 Å². The van der Waals surface area contributed by atoms with Gasteiger partial charge in [-0.05, 0) is 78.2 Å². The van der Waals surface area contributed by atoms with Gasteiger partial charge in [0.25, 0.3) is 0 Å². The molecule has 1 aliphatic heterocycles. The molecule has 3 rings (SSSR count). The van der Waals surface area contributed by atoms with Crippen molar-refractivity contribution >= 4 is 12.0 Å². The molecule has 1 aromatic rings. The molecule has 2 heterocycles. The zero-order chi connectivity index (χ0) is 30.2. The summed E-state index contributed by atoms with van der Waals surface area (Å²) in [4.78, 5) is 29.6. The Morgan fingerprint density at radius 2 is 1.95 bits per heavy atom. The van der Waals surface area contributed by atoms with E-state index in [-0.39, 0.29) is 35.5 Å². The van der Waals surface area contributed by atoms with Crippen LogP contribution in [-0.2, 0) is 25.5 Å². The lowest BCUT2D eigenvalue weighted by Gasteiger charge is -2.41. The summed E-state index contributed by atoms with van der Waals surface area (Å²) in [5.74, 6) is 0.262. The molecule has 0 spiro atoms. The molecule has 234 valence electrons. The number of methoxy groups -OCH3 is 1. The second-order valence-electron chi connectivity index (χ2n) is 13.6. The molecule has 1 aliphatic carbocycles. The standard InChI is InChI=1S/C31H55N5O5/c1-30(2,3)41-29(38)35(7)17-16-34(6)21-24-22-36(26-12-9-10-19-40-26)33-27(24)23-13-14-31(4,5)25(20-23)28(37)32-15-11-18-39-8/h22-23,25-26H,9-21H2,1-8H3,(H,32,37)/t23-,25-,26?/m1/s1. The number of ether oxygens (including phenoxy) is 3. The molecule has 1 saturated heterocycles. The van der Waals surface area contributed by atoms with Crippen molar-refractivity contribution in [3.8, 4) is 0 Å². The summed E-state index contributed by atoms with van der Waals surface area (Å²) < 4.78 is 18.7. The first-order valence-corrected chi connectivity index (χ1v) is 15.4. The Kier molecular flexibility index (Phi) is 12.1. The van der Waals surface area contributed by atoms with Crippen molar-refractivity contribution in [2.45, 2.75) is 104 Å². The van der Waals surface area contributed by atoms with E-state index < -0.39 is 5.60 Å². The van der Waals surface area contributed by atoms with E-state index in [1.165, 1.54) is 5.56 Å². The number of nitrogens with zero attached hydrogens (tertiary/aromatic N) is 4. The third kappa shape index (κ3) is 9.96. The van der Waals surface area contributed by atoms with Crippen LogP contribution in [0.15, 0.2) is 6.20 Å². The smallest absolute Gasteiger partial charge is 0.410 e. The van der Waals surface area contributed by atoms with Crippen molar-refractivity contribution in [1.29, 1.82) is 0 Å². The Morgan fingerprint density at radius 1 is 1.20 bits per heavy atom. The molecule has 41 heavy (non-hydrogen) atoms. The number of nitrogens with one attached hydrogen (secondary N) is 1. The Hall–Kier alpha value is -2.17. The lowest BCUT2D eigenvalue weighted by Crippen LogP contribution is -2.43. The highest BCUT2D eigenvalue weighted by atomic mass is 16.6. The molecular weight excluding hydrogens is 522 g/mol. The quantitative estimate of drug-likeness (QED) is 0.351. The van der Waals surface area contributed by atoms with Crippen LogP contribution in [0.1, 0.15) is 103 Å². The van der Waals surface area contributed by atoms with Crippen molar-refractivity contribution in [2.24, 2.45) is 11.3 Å². The minimum atomic E-state index is -0.519. The molecule has 1 saturated carbocycles. The highest BCUT2D eigenvalue weighted by Gasteiger charge is 2.42. The largest absolute Gasteiger partial charge is 0.444 e. The second-order valence-corrected chi connectivity index (χ2v) is 13.6. The van der Waals surface area contributed by atoms with E-state index in [1.807, 2.05) is 25.5 Å². The third-order valence-electron chi connectivity index (χ3n) is 8.38. The number of carbonyl (C=O) groups excluding carboxylic acids is 2. The molecule has 1 unspecified atom stereocenters. The third-order valence-corrected chi connectivity index (χ3v) is 8.38. The van der Waals surface area contributed by atoms with Crippen LogP contribution in [0.3, 0.4) is 0 Å². The van der Waals surface area contributed by atoms with Crippen LogP contribution >= 0.6 is 0 Å². The summed E-state index contributed by atoms with van der Waals surface area (Å²) in [5.41, 5.74) is 1.67. The van der Waals surface area contributed by atoms with Gasteiger partial charge in [-0.1, -0.05) is 13.8 Å². The minimum absolute atomic E-state index is 0.0419. The molecule has 2 amide bonds. The van der Waals surface area contributed by atoms with Crippen molar-refractivity contribution in [3.05, 3.63) is 17.5 Å². The van der Waals surface area contributed by atoms with Crippen LogP contribution in [0.5, 0.6) is 0 Å². The summed E-state index contributed by atoms with van der Waals surface area (Å²) in [6, 6.07) is 0. The van der Waals surface area contributed by atoms with Gasteiger partial charge >= 0.3 is 6.09 Å². The van der Waals surface area contributed by atoms with Gasteiger partial charge in [0.15, 0.2) is 0 Å². The Balaban J connectivity index is 1.74. The molecule has 0 bridgehead atoms. The average molecular weight is 578 g/mol. The fourth-order valence-electron chi connectivity index (χ4n) is 5.81. The SMILES string of the molecule is COCCCNC(=O)[C@H]1C[C@H](c2nn(C3CCCCO3)cc2CN(C)CCN(C)C(=O)OC(C)(C)C)CCC1(C)C. The first-order chi connectivity index (χ1) is 19.3. The van der Waals surface area contributed by atoms with Crippen LogP contribution < -0.4 is 5.32 Å². The number of hydrogen-bond donors (Lipinski definition) is 1. The summed E-state index contributed by atoms with van der Waals surface area (Å²) in [7, 11) is 5.53.